The normalized spacial score (nSPS) is 26.8. The van der Waals surface area contributed by atoms with Gasteiger partial charge in [-0.05, 0) is 43.9 Å². The summed E-state index contributed by atoms with van der Waals surface area (Å²) in [6.45, 7) is -0.149. The second-order valence-electron chi connectivity index (χ2n) is 8.21. The Balaban J connectivity index is 1.56. The minimum atomic E-state index is -5.89. The molecule has 3 atom stereocenters. The highest BCUT2D eigenvalue weighted by atomic mass is 32.2. The van der Waals surface area contributed by atoms with Crippen molar-refractivity contribution in [3.8, 4) is 0 Å². The van der Waals surface area contributed by atoms with Crippen LogP contribution < -0.4 is 0 Å². The number of ether oxygens (including phenoxy) is 2. The number of fused-ring (bicyclic) bond motifs is 2. The maximum absolute atomic E-state index is 13.5. The fourth-order valence-electron chi connectivity index (χ4n) is 4.71. The molecule has 3 rings (SSSR count). The molecule has 0 aliphatic heterocycles. The number of alkyl halides is 2. The molecule has 30 heavy (non-hydrogen) atoms. The van der Waals surface area contributed by atoms with Gasteiger partial charge in [-0.15, -0.1) is 0 Å². The zero-order chi connectivity index (χ0) is 22.0. The van der Waals surface area contributed by atoms with Crippen LogP contribution in [0.5, 0.6) is 0 Å². The molecule has 0 saturated heterocycles. The first-order chi connectivity index (χ1) is 14.0. The van der Waals surface area contributed by atoms with Crippen molar-refractivity contribution in [2.24, 2.45) is 17.3 Å². The summed E-state index contributed by atoms with van der Waals surface area (Å²) >= 11 is 0. The number of imidazole rings is 1. The first kappa shape index (κ1) is 22.6. The minimum absolute atomic E-state index is 0.153. The summed E-state index contributed by atoms with van der Waals surface area (Å²) in [6.07, 6.45) is 8.99. The van der Waals surface area contributed by atoms with E-state index in [1.54, 1.807) is 0 Å². The van der Waals surface area contributed by atoms with Crippen LogP contribution in [0.1, 0.15) is 44.9 Å². The number of hydrogen-bond donors (Lipinski definition) is 1. The molecule has 3 unspecified atom stereocenters. The van der Waals surface area contributed by atoms with Crippen LogP contribution in [0.4, 0.5) is 13.6 Å². The van der Waals surface area contributed by atoms with Gasteiger partial charge in [-0.3, -0.25) is 4.55 Å². The molecule has 2 aliphatic rings. The molecular weight excluding hydrogens is 426 g/mol. The monoisotopic (exact) mass is 450 g/mol. The lowest BCUT2D eigenvalue weighted by Gasteiger charge is -2.48. The van der Waals surface area contributed by atoms with Gasteiger partial charge in [-0.1, -0.05) is 12.8 Å². The Hall–Kier alpha value is -2.08. The van der Waals surface area contributed by atoms with E-state index in [9.17, 15) is 26.8 Å². The third-order valence-electron chi connectivity index (χ3n) is 5.97. The summed E-state index contributed by atoms with van der Waals surface area (Å²) < 4.78 is 68.0. The van der Waals surface area contributed by atoms with Crippen LogP contribution in [-0.2, 0) is 24.4 Å². The van der Waals surface area contributed by atoms with E-state index in [0.29, 0.717) is 31.6 Å². The summed E-state index contributed by atoms with van der Waals surface area (Å²) in [5, 5.41) is -4.99. The van der Waals surface area contributed by atoms with Crippen molar-refractivity contribution in [1.82, 2.24) is 9.55 Å². The van der Waals surface area contributed by atoms with Gasteiger partial charge < -0.3 is 9.47 Å². The molecule has 2 saturated carbocycles. The van der Waals surface area contributed by atoms with Gasteiger partial charge in [-0.25, -0.2) is 19.1 Å². The molecule has 2 aliphatic carbocycles. The zero-order valence-electron chi connectivity index (χ0n) is 16.2. The number of carbonyl (C=O) groups excluding carboxylic acids is 2. The number of esters is 1. The highest BCUT2D eigenvalue weighted by molar-refractivity contribution is 7.87. The van der Waals surface area contributed by atoms with E-state index >= 15 is 0 Å². The molecule has 0 spiro atoms. The van der Waals surface area contributed by atoms with Gasteiger partial charge in [0.05, 0.1) is 13.2 Å². The van der Waals surface area contributed by atoms with E-state index in [0.717, 1.165) is 19.3 Å². The Bertz CT molecular complexity index is 875. The molecule has 2 fully saturated rings. The number of hydrogen-bond acceptors (Lipinski definition) is 7. The average molecular weight is 450 g/mol. The summed E-state index contributed by atoms with van der Waals surface area (Å²) in [5.74, 6) is -1.78. The van der Waals surface area contributed by atoms with Crippen LogP contribution in [0.3, 0.4) is 0 Å². The fraction of sp³-hybridized carbons (Fsp3) is 0.722. The van der Waals surface area contributed by atoms with Gasteiger partial charge in [0.1, 0.15) is 6.33 Å². The smallest absolute Gasteiger partial charge is 0.460 e. The van der Waals surface area contributed by atoms with Crippen molar-refractivity contribution in [1.29, 1.82) is 0 Å². The number of carbonyl (C=O) groups is 2. The van der Waals surface area contributed by atoms with Crippen molar-refractivity contribution in [3.63, 3.8) is 0 Å². The molecular formula is C18H24F2N2O7S. The number of nitrogens with zero attached hydrogens (tertiary/aromatic N) is 2. The van der Waals surface area contributed by atoms with Gasteiger partial charge in [0.15, 0.2) is 0 Å². The van der Waals surface area contributed by atoms with Gasteiger partial charge in [0.25, 0.3) is 0 Å². The van der Waals surface area contributed by atoms with Crippen LogP contribution in [0.15, 0.2) is 18.7 Å². The minimum Gasteiger partial charge on any atom is -0.460 e. The first-order valence-corrected chi connectivity index (χ1v) is 11.1. The van der Waals surface area contributed by atoms with Crippen molar-refractivity contribution >= 4 is 22.2 Å². The first-order valence-electron chi connectivity index (χ1n) is 9.70. The Kier molecular flexibility index (Phi) is 6.46. The van der Waals surface area contributed by atoms with Crippen LogP contribution >= 0.6 is 0 Å². The fourth-order valence-corrected chi connectivity index (χ4v) is 4.98. The van der Waals surface area contributed by atoms with Gasteiger partial charge in [0.2, 0.25) is 0 Å². The lowest BCUT2D eigenvalue weighted by Crippen LogP contribution is -2.44. The highest BCUT2D eigenvalue weighted by Gasteiger charge is 2.55. The summed E-state index contributed by atoms with van der Waals surface area (Å²) in [5.41, 5.74) is -0.523. The van der Waals surface area contributed by atoms with Gasteiger partial charge in [0, 0.05) is 17.8 Å². The molecule has 1 aromatic rings. The zero-order valence-corrected chi connectivity index (χ0v) is 17.0. The molecule has 1 heterocycles. The maximum atomic E-state index is 13.5. The van der Waals surface area contributed by atoms with E-state index in [-0.39, 0.29) is 19.1 Å². The molecule has 2 bridgehead atoms. The van der Waals surface area contributed by atoms with Crippen LogP contribution in [-0.4, -0.2) is 53.1 Å². The number of halogens is 2. The summed E-state index contributed by atoms with van der Waals surface area (Å²) in [6, 6.07) is 0. The van der Waals surface area contributed by atoms with E-state index in [1.807, 2.05) is 0 Å². The lowest BCUT2D eigenvalue weighted by molar-refractivity contribution is -0.168. The van der Waals surface area contributed by atoms with Crippen molar-refractivity contribution in [2.45, 2.75) is 50.2 Å². The van der Waals surface area contributed by atoms with E-state index in [1.165, 1.54) is 23.3 Å². The molecule has 168 valence electrons. The van der Waals surface area contributed by atoms with E-state index in [2.05, 4.69) is 9.72 Å². The van der Waals surface area contributed by atoms with E-state index < -0.39 is 32.9 Å². The number of aromatic nitrogens is 2. The molecule has 9 nitrogen and oxygen atoms in total. The molecule has 12 heteroatoms. The SMILES string of the molecule is O=C(OCCC1CC2CCCC(COC(=O)C(F)(F)S(=O)(=O)O)(C2)C1)n1ccnc1. The second kappa shape index (κ2) is 8.58. The Morgan fingerprint density at radius 2 is 2.07 bits per heavy atom. The van der Waals surface area contributed by atoms with Gasteiger partial charge in [-0.2, -0.15) is 17.2 Å². The standard InChI is InChI=1S/C18H24F2N2O7S/c19-18(20,30(25,26)27)15(23)29-11-17-4-1-2-13(9-17)8-14(10-17)3-7-28-16(24)22-6-5-21-12-22/h5-6,12-14H,1-4,7-11H2,(H,25,26,27). The lowest BCUT2D eigenvalue weighted by atomic mass is 9.59. The maximum Gasteiger partial charge on any atom is 0.465 e. The van der Waals surface area contributed by atoms with Crippen LogP contribution in [0, 0.1) is 17.3 Å². The largest absolute Gasteiger partial charge is 0.465 e. The average Bonchev–Trinajstić information content (AvgIpc) is 3.20. The Labute approximate surface area is 172 Å². The third-order valence-corrected chi connectivity index (χ3v) is 6.78. The summed E-state index contributed by atoms with van der Waals surface area (Å²) in [4.78, 5) is 27.2. The molecule has 0 aromatic carbocycles. The van der Waals surface area contributed by atoms with E-state index in [4.69, 9.17) is 9.29 Å². The van der Waals surface area contributed by atoms with Crippen LogP contribution in [0.2, 0.25) is 0 Å². The van der Waals surface area contributed by atoms with Crippen molar-refractivity contribution < 1.29 is 40.8 Å². The molecule has 1 N–H and O–H groups in total. The van der Waals surface area contributed by atoms with Crippen molar-refractivity contribution in [2.75, 3.05) is 13.2 Å². The quantitative estimate of drug-likeness (QED) is 0.497. The molecule has 1 aromatic heterocycles. The predicted molar refractivity (Wildman–Crippen MR) is 98.2 cm³/mol. The molecule has 0 amide bonds. The predicted octanol–water partition coefficient (Wildman–Crippen LogP) is 2.87. The number of rotatable bonds is 7. The Morgan fingerprint density at radius 3 is 2.73 bits per heavy atom. The third kappa shape index (κ3) is 4.97. The summed E-state index contributed by atoms with van der Waals surface area (Å²) in [7, 11) is -5.89. The molecule has 0 radical (unpaired) electrons. The topological polar surface area (TPSA) is 125 Å². The van der Waals surface area contributed by atoms with Gasteiger partial charge >= 0.3 is 27.4 Å². The highest BCUT2D eigenvalue weighted by Crippen LogP contribution is 2.52. The Morgan fingerprint density at radius 1 is 1.30 bits per heavy atom. The van der Waals surface area contributed by atoms with Crippen molar-refractivity contribution in [3.05, 3.63) is 18.7 Å². The van der Waals surface area contributed by atoms with Crippen LogP contribution in [0.25, 0.3) is 0 Å². The second-order valence-corrected chi connectivity index (χ2v) is 9.67.